The highest BCUT2D eigenvalue weighted by atomic mass is 16.3. The highest BCUT2D eigenvalue weighted by molar-refractivity contribution is 5.76. The van der Waals surface area contributed by atoms with Crippen molar-refractivity contribution in [3.05, 3.63) is 0 Å². The number of carbonyl (C=O) groups is 1. The molecule has 0 bridgehead atoms. The first-order valence-electron chi connectivity index (χ1n) is 8.11. The lowest BCUT2D eigenvalue weighted by Gasteiger charge is -2.37. The number of amides is 1. The van der Waals surface area contributed by atoms with Crippen LogP contribution in [0.3, 0.4) is 0 Å². The third kappa shape index (κ3) is 4.45. The van der Waals surface area contributed by atoms with E-state index in [1.807, 2.05) is 4.90 Å². The molecular formula is C16H30N2O2. The average molecular weight is 282 g/mol. The number of hydrogen-bond donors (Lipinski definition) is 1. The van der Waals surface area contributed by atoms with Gasteiger partial charge in [-0.25, -0.2) is 0 Å². The molecule has 1 heterocycles. The van der Waals surface area contributed by atoms with Gasteiger partial charge in [0.25, 0.3) is 0 Å². The van der Waals surface area contributed by atoms with Gasteiger partial charge in [-0.3, -0.25) is 9.69 Å². The molecule has 0 aromatic rings. The second-order valence-corrected chi connectivity index (χ2v) is 7.26. The predicted molar refractivity (Wildman–Crippen MR) is 80.5 cm³/mol. The van der Waals surface area contributed by atoms with E-state index >= 15 is 0 Å². The SMILES string of the molecule is CC1(C)CCC(CC(=O)N2CCN(CCO)CC2)CC1. The van der Waals surface area contributed by atoms with Crippen LogP contribution in [0.2, 0.25) is 0 Å². The van der Waals surface area contributed by atoms with Crippen LogP contribution in [-0.4, -0.2) is 60.1 Å². The molecule has 0 spiro atoms. The topological polar surface area (TPSA) is 43.8 Å². The molecule has 1 saturated carbocycles. The Morgan fingerprint density at radius 2 is 1.75 bits per heavy atom. The zero-order valence-corrected chi connectivity index (χ0v) is 13.1. The number of hydrogen-bond acceptors (Lipinski definition) is 3. The molecule has 0 aromatic heterocycles. The molecule has 1 saturated heterocycles. The van der Waals surface area contributed by atoms with E-state index in [0.717, 1.165) is 39.1 Å². The molecule has 1 aliphatic carbocycles. The summed E-state index contributed by atoms with van der Waals surface area (Å²) in [5.74, 6) is 0.948. The van der Waals surface area contributed by atoms with Gasteiger partial charge >= 0.3 is 0 Å². The van der Waals surface area contributed by atoms with E-state index in [1.54, 1.807) is 0 Å². The standard InChI is InChI=1S/C16H30N2O2/c1-16(2)5-3-14(4-6-16)13-15(20)18-9-7-17(8-10-18)11-12-19/h14,19H,3-13H2,1-2H3. The van der Waals surface area contributed by atoms with E-state index in [2.05, 4.69) is 18.7 Å². The summed E-state index contributed by atoms with van der Waals surface area (Å²) in [6, 6.07) is 0. The number of nitrogens with zero attached hydrogens (tertiary/aromatic N) is 2. The van der Waals surface area contributed by atoms with Crippen LogP contribution >= 0.6 is 0 Å². The van der Waals surface area contributed by atoms with E-state index < -0.39 is 0 Å². The first-order chi connectivity index (χ1) is 9.50. The van der Waals surface area contributed by atoms with Crippen molar-refractivity contribution in [2.24, 2.45) is 11.3 Å². The van der Waals surface area contributed by atoms with Gasteiger partial charge in [0.15, 0.2) is 0 Å². The number of carbonyl (C=O) groups excluding carboxylic acids is 1. The molecule has 116 valence electrons. The van der Waals surface area contributed by atoms with Gasteiger partial charge in [-0.1, -0.05) is 13.8 Å². The molecule has 20 heavy (non-hydrogen) atoms. The van der Waals surface area contributed by atoms with Crippen molar-refractivity contribution in [2.45, 2.75) is 46.0 Å². The van der Waals surface area contributed by atoms with Crippen LogP contribution in [0.1, 0.15) is 46.0 Å². The molecule has 0 aromatic carbocycles. The van der Waals surface area contributed by atoms with E-state index in [4.69, 9.17) is 5.11 Å². The first kappa shape index (κ1) is 15.8. The fraction of sp³-hybridized carbons (Fsp3) is 0.938. The largest absolute Gasteiger partial charge is 0.395 e. The van der Waals surface area contributed by atoms with Crippen molar-refractivity contribution in [1.82, 2.24) is 9.80 Å². The summed E-state index contributed by atoms with van der Waals surface area (Å²) in [7, 11) is 0. The molecule has 1 aliphatic heterocycles. The monoisotopic (exact) mass is 282 g/mol. The number of rotatable bonds is 4. The summed E-state index contributed by atoms with van der Waals surface area (Å²) in [4.78, 5) is 16.6. The highest BCUT2D eigenvalue weighted by Crippen LogP contribution is 2.39. The Kier molecular flexibility index (Phi) is 5.44. The van der Waals surface area contributed by atoms with Crippen molar-refractivity contribution >= 4 is 5.91 Å². The van der Waals surface area contributed by atoms with Crippen LogP contribution in [-0.2, 0) is 4.79 Å². The molecule has 2 fully saturated rings. The van der Waals surface area contributed by atoms with Crippen LogP contribution in [0.25, 0.3) is 0 Å². The summed E-state index contributed by atoms with van der Waals surface area (Å²) < 4.78 is 0. The maximum absolute atomic E-state index is 12.4. The van der Waals surface area contributed by atoms with Gasteiger partial charge in [0, 0.05) is 39.1 Å². The Bertz CT molecular complexity index is 312. The van der Waals surface area contributed by atoms with E-state index in [0.29, 0.717) is 17.2 Å². The van der Waals surface area contributed by atoms with Crippen LogP contribution in [0.15, 0.2) is 0 Å². The molecule has 1 N–H and O–H groups in total. The molecule has 2 aliphatic rings. The second-order valence-electron chi connectivity index (χ2n) is 7.26. The van der Waals surface area contributed by atoms with Gasteiger partial charge in [-0.2, -0.15) is 0 Å². The lowest BCUT2D eigenvalue weighted by molar-refractivity contribution is -0.134. The Balaban J connectivity index is 1.71. The number of aliphatic hydroxyl groups excluding tert-OH is 1. The zero-order chi connectivity index (χ0) is 14.6. The van der Waals surface area contributed by atoms with Crippen molar-refractivity contribution in [2.75, 3.05) is 39.3 Å². The maximum atomic E-state index is 12.4. The molecule has 4 heteroatoms. The average Bonchev–Trinajstić information content (AvgIpc) is 2.42. The van der Waals surface area contributed by atoms with Gasteiger partial charge < -0.3 is 10.0 Å². The Morgan fingerprint density at radius 3 is 2.30 bits per heavy atom. The third-order valence-electron chi connectivity index (χ3n) is 5.06. The fourth-order valence-corrected chi connectivity index (χ4v) is 3.40. The molecule has 0 radical (unpaired) electrons. The molecule has 4 nitrogen and oxygen atoms in total. The van der Waals surface area contributed by atoms with E-state index in [1.165, 1.54) is 25.7 Å². The Hall–Kier alpha value is -0.610. The minimum absolute atomic E-state index is 0.214. The van der Waals surface area contributed by atoms with Gasteiger partial charge in [0.05, 0.1) is 6.61 Å². The summed E-state index contributed by atoms with van der Waals surface area (Å²) >= 11 is 0. The summed E-state index contributed by atoms with van der Waals surface area (Å²) in [6.45, 7) is 9.10. The normalized spacial score (nSPS) is 24.9. The molecular weight excluding hydrogens is 252 g/mol. The Morgan fingerprint density at radius 1 is 1.15 bits per heavy atom. The van der Waals surface area contributed by atoms with Crippen LogP contribution in [0, 0.1) is 11.3 Å². The first-order valence-corrected chi connectivity index (χ1v) is 8.11. The minimum Gasteiger partial charge on any atom is -0.395 e. The number of aliphatic hydroxyl groups is 1. The molecule has 0 unspecified atom stereocenters. The van der Waals surface area contributed by atoms with E-state index in [9.17, 15) is 4.79 Å². The minimum atomic E-state index is 0.214. The number of β-amino-alcohol motifs (C(OH)–C–C–N with tert-alkyl or cyclic N) is 1. The quantitative estimate of drug-likeness (QED) is 0.854. The predicted octanol–water partition coefficient (Wildman–Crippen LogP) is 1.73. The van der Waals surface area contributed by atoms with Crippen molar-refractivity contribution < 1.29 is 9.90 Å². The molecule has 2 rings (SSSR count). The maximum Gasteiger partial charge on any atom is 0.222 e. The van der Waals surface area contributed by atoms with Crippen LogP contribution in [0.4, 0.5) is 0 Å². The van der Waals surface area contributed by atoms with Gasteiger partial charge in [0.1, 0.15) is 0 Å². The van der Waals surface area contributed by atoms with Gasteiger partial charge in [-0.05, 0) is 37.0 Å². The fourth-order valence-electron chi connectivity index (χ4n) is 3.40. The van der Waals surface area contributed by atoms with Gasteiger partial charge in [-0.15, -0.1) is 0 Å². The lowest BCUT2D eigenvalue weighted by atomic mass is 9.72. The van der Waals surface area contributed by atoms with Crippen LogP contribution in [0.5, 0.6) is 0 Å². The summed E-state index contributed by atoms with van der Waals surface area (Å²) in [5.41, 5.74) is 0.482. The second kappa shape index (κ2) is 6.90. The molecule has 0 atom stereocenters. The van der Waals surface area contributed by atoms with Gasteiger partial charge in [0.2, 0.25) is 5.91 Å². The highest BCUT2D eigenvalue weighted by Gasteiger charge is 2.29. The number of piperazine rings is 1. The zero-order valence-electron chi connectivity index (χ0n) is 13.1. The summed E-state index contributed by atoms with van der Waals surface area (Å²) in [6.07, 6.45) is 5.69. The van der Waals surface area contributed by atoms with Crippen LogP contribution < -0.4 is 0 Å². The molecule has 1 amide bonds. The van der Waals surface area contributed by atoms with E-state index in [-0.39, 0.29) is 6.61 Å². The van der Waals surface area contributed by atoms with Crippen molar-refractivity contribution in [3.8, 4) is 0 Å². The lowest BCUT2D eigenvalue weighted by Crippen LogP contribution is -2.49. The third-order valence-corrected chi connectivity index (χ3v) is 5.06. The van der Waals surface area contributed by atoms with Crippen molar-refractivity contribution in [3.63, 3.8) is 0 Å². The van der Waals surface area contributed by atoms with Crippen molar-refractivity contribution in [1.29, 1.82) is 0 Å². The smallest absolute Gasteiger partial charge is 0.222 e. The Labute approximate surface area is 123 Å². The summed E-state index contributed by atoms with van der Waals surface area (Å²) in [5, 5.41) is 8.93.